The maximum absolute atomic E-state index is 12.3. The van der Waals surface area contributed by atoms with Gasteiger partial charge in [-0.25, -0.2) is 9.59 Å². The van der Waals surface area contributed by atoms with Crippen LogP contribution in [0.25, 0.3) is 0 Å². The van der Waals surface area contributed by atoms with E-state index in [1.807, 2.05) is 18.2 Å². The van der Waals surface area contributed by atoms with Gasteiger partial charge < -0.3 is 25.0 Å². The summed E-state index contributed by atoms with van der Waals surface area (Å²) in [5.41, 5.74) is 0.637. The van der Waals surface area contributed by atoms with E-state index < -0.39 is 12.6 Å². The molecule has 9 heteroatoms. The average molecular weight is 418 g/mol. The summed E-state index contributed by atoms with van der Waals surface area (Å²) in [7, 11) is 0. The summed E-state index contributed by atoms with van der Waals surface area (Å²) >= 11 is 5.72. The van der Waals surface area contributed by atoms with Gasteiger partial charge in [0.05, 0.1) is 0 Å². The lowest BCUT2D eigenvalue weighted by molar-refractivity contribution is -0.135. The Hall–Kier alpha value is -3.26. The molecule has 152 valence electrons. The number of carbonyl (C=O) groups excluding carboxylic acids is 3. The van der Waals surface area contributed by atoms with Crippen LogP contribution in [0.4, 0.5) is 10.5 Å². The van der Waals surface area contributed by atoms with Gasteiger partial charge in [0, 0.05) is 36.9 Å². The minimum absolute atomic E-state index is 0.0652. The van der Waals surface area contributed by atoms with Gasteiger partial charge in [-0.05, 0) is 30.3 Å². The number of urea groups is 1. The van der Waals surface area contributed by atoms with Gasteiger partial charge >= 0.3 is 12.0 Å². The number of aromatic hydroxyl groups is 1. The molecule has 2 N–H and O–H groups in total. The van der Waals surface area contributed by atoms with Crippen molar-refractivity contribution < 1.29 is 24.2 Å². The normalized spacial score (nSPS) is 13.7. The smallest absolute Gasteiger partial charge is 0.342 e. The number of benzene rings is 2. The van der Waals surface area contributed by atoms with Crippen molar-refractivity contribution in [3.63, 3.8) is 0 Å². The van der Waals surface area contributed by atoms with Crippen LogP contribution in [-0.4, -0.2) is 65.6 Å². The van der Waals surface area contributed by atoms with E-state index in [1.54, 1.807) is 17.0 Å². The Kier molecular flexibility index (Phi) is 6.56. The van der Waals surface area contributed by atoms with Crippen LogP contribution in [0.2, 0.25) is 5.02 Å². The van der Waals surface area contributed by atoms with E-state index >= 15 is 0 Å². The van der Waals surface area contributed by atoms with Gasteiger partial charge in [-0.3, -0.25) is 4.79 Å². The standard InChI is InChI=1S/C20H20ClN3O5/c21-14-6-7-16(17(25)12-14)19(27)29-13-18(26)23-8-10-24(11-9-23)20(28)22-15-4-2-1-3-5-15/h1-7,12,25H,8-11,13H2,(H,22,28). The average Bonchev–Trinajstić information content (AvgIpc) is 2.72. The number of amides is 3. The number of piperazine rings is 1. The summed E-state index contributed by atoms with van der Waals surface area (Å²) < 4.78 is 4.99. The Morgan fingerprint density at radius 2 is 1.66 bits per heavy atom. The van der Waals surface area contributed by atoms with Crippen molar-refractivity contribution in [3.05, 3.63) is 59.1 Å². The SMILES string of the molecule is O=C(OCC(=O)N1CCN(C(=O)Nc2ccccc2)CC1)c1ccc(Cl)cc1O. The zero-order valence-electron chi connectivity index (χ0n) is 15.5. The molecule has 2 aromatic rings. The number of esters is 1. The molecular formula is C20H20ClN3O5. The monoisotopic (exact) mass is 417 g/mol. The molecule has 2 aromatic carbocycles. The molecule has 1 aliphatic rings. The number of carbonyl (C=O) groups is 3. The predicted molar refractivity (Wildman–Crippen MR) is 107 cm³/mol. The fourth-order valence-corrected chi connectivity index (χ4v) is 3.02. The maximum Gasteiger partial charge on any atom is 0.342 e. The first kappa shape index (κ1) is 20.5. The molecule has 1 saturated heterocycles. The lowest BCUT2D eigenvalue weighted by atomic mass is 10.2. The third-order valence-electron chi connectivity index (χ3n) is 4.45. The van der Waals surface area contributed by atoms with Crippen molar-refractivity contribution in [2.75, 3.05) is 38.1 Å². The van der Waals surface area contributed by atoms with Gasteiger partial charge in [0.25, 0.3) is 5.91 Å². The topological polar surface area (TPSA) is 99.2 Å². The van der Waals surface area contributed by atoms with E-state index in [9.17, 15) is 19.5 Å². The van der Waals surface area contributed by atoms with E-state index in [1.165, 1.54) is 23.1 Å². The molecule has 1 aliphatic heterocycles. The van der Waals surface area contributed by atoms with Crippen LogP contribution >= 0.6 is 11.6 Å². The number of nitrogens with one attached hydrogen (secondary N) is 1. The zero-order chi connectivity index (χ0) is 20.8. The van der Waals surface area contributed by atoms with Crippen LogP contribution in [0.1, 0.15) is 10.4 Å². The summed E-state index contributed by atoms with van der Waals surface area (Å²) in [4.78, 5) is 39.7. The molecule has 3 amide bonds. The van der Waals surface area contributed by atoms with Crippen LogP contribution in [0, 0.1) is 0 Å². The zero-order valence-corrected chi connectivity index (χ0v) is 16.3. The van der Waals surface area contributed by atoms with E-state index in [0.717, 1.165) is 0 Å². The first-order valence-electron chi connectivity index (χ1n) is 8.98. The number of rotatable bonds is 4. The number of phenolic OH excluding ortho intramolecular Hbond substituents is 1. The van der Waals surface area contributed by atoms with Crippen LogP contribution in [0.15, 0.2) is 48.5 Å². The molecule has 0 aliphatic carbocycles. The predicted octanol–water partition coefficient (Wildman–Crippen LogP) is 2.58. The van der Waals surface area contributed by atoms with E-state index in [0.29, 0.717) is 31.9 Å². The molecule has 8 nitrogen and oxygen atoms in total. The summed E-state index contributed by atoms with van der Waals surface area (Å²) in [6.45, 7) is 0.972. The Labute approximate surface area is 172 Å². The van der Waals surface area contributed by atoms with Crippen LogP contribution in [0.5, 0.6) is 5.75 Å². The Bertz CT molecular complexity index is 898. The van der Waals surface area contributed by atoms with Crippen molar-refractivity contribution in [1.82, 2.24) is 9.80 Å². The molecule has 0 saturated carbocycles. The molecule has 29 heavy (non-hydrogen) atoms. The Morgan fingerprint density at radius 1 is 1.00 bits per heavy atom. The minimum Gasteiger partial charge on any atom is -0.507 e. The number of para-hydroxylation sites is 1. The fourth-order valence-electron chi connectivity index (χ4n) is 2.86. The number of hydrogen-bond donors (Lipinski definition) is 2. The molecule has 0 aromatic heterocycles. The molecule has 0 radical (unpaired) electrons. The Balaban J connectivity index is 1.45. The van der Waals surface area contributed by atoms with Crippen molar-refractivity contribution in [3.8, 4) is 5.75 Å². The second kappa shape index (κ2) is 9.29. The number of anilines is 1. The number of hydrogen-bond acceptors (Lipinski definition) is 5. The van der Waals surface area contributed by atoms with Gasteiger partial charge in [-0.1, -0.05) is 29.8 Å². The minimum atomic E-state index is -0.812. The lowest BCUT2D eigenvalue weighted by Gasteiger charge is -2.34. The molecule has 0 spiro atoms. The summed E-state index contributed by atoms with van der Waals surface area (Å²) in [6.07, 6.45) is 0. The highest BCUT2D eigenvalue weighted by Crippen LogP contribution is 2.22. The number of halogens is 1. The van der Waals surface area contributed by atoms with Crippen LogP contribution < -0.4 is 5.32 Å². The second-order valence-corrected chi connectivity index (χ2v) is 6.84. The molecule has 0 unspecified atom stereocenters. The van der Waals surface area contributed by atoms with Gasteiger partial charge in [-0.15, -0.1) is 0 Å². The van der Waals surface area contributed by atoms with Crippen molar-refractivity contribution in [1.29, 1.82) is 0 Å². The summed E-state index contributed by atoms with van der Waals surface area (Å²) in [6, 6.07) is 12.9. The van der Waals surface area contributed by atoms with E-state index in [2.05, 4.69) is 5.32 Å². The third kappa shape index (κ3) is 5.39. The largest absolute Gasteiger partial charge is 0.507 e. The lowest BCUT2D eigenvalue weighted by Crippen LogP contribution is -2.52. The van der Waals surface area contributed by atoms with Gasteiger partial charge in [0.15, 0.2) is 6.61 Å². The van der Waals surface area contributed by atoms with Crippen LogP contribution in [0.3, 0.4) is 0 Å². The highest BCUT2D eigenvalue weighted by Gasteiger charge is 2.25. The van der Waals surface area contributed by atoms with Gasteiger partial charge in [0.2, 0.25) is 0 Å². The molecule has 1 heterocycles. The highest BCUT2D eigenvalue weighted by atomic mass is 35.5. The van der Waals surface area contributed by atoms with E-state index in [4.69, 9.17) is 16.3 Å². The molecular weight excluding hydrogens is 398 g/mol. The highest BCUT2D eigenvalue weighted by molar-refractivity contribution is 6.30. The second-order valence-electron chi connectivity index (χ2n) is 6.40. The van der Waals surface area contributed by atoms with Crippen molar-refractivity contribution >= 4 is 35.2 Å². The maximum atomic E-state index is 12.3. The first-order chi connectivity index (χ1) is 13.9. The quantitative estimate of drug-likeness (QED) is 0.745. The number of phenols is 1. The first-order valence-corrected chi connectivity index (χ1v) is 9.36. The summed E-state index contributed by atoms with van der Waals surface area (Å²) in [5, 5.41) is 12.8. The Morgan fingerprint density at radius 3 is 2.31 bits per heavy atom. The molecule has 0 atom stereocenters. The van der Waals surface area contributed by atoms with Crippen molar-refractivity contribution in [2.24, 2.45) is 0 Å². The fraction of sp³-hybridized carbons (Fsp3) is 0.250. The number of ether oxygens (including phenoxy) is 1. The summed E-state index contributed by atoms with van der Waals surface area (Å²) in [5.74, 6) is -1.49. The molecule has 1 fully saturated rings. The third-order valence-corrected chi connectivity index (χ3v) is 4.69. The molecule has 3 rings (SSSR count). The van der Waals surface area contributed by atoms with Gasteiger partial charge in [0.1, 0.15) is 11.3 Å². The molecule has 0 bridgehead atoms. The van der Waals surface area contributed by atoms with Gasteiger partial charge in [-0.2, -0.15) is 0 Å². The number of nitrogens with zero attached hydrogens (tertiary/aromatic N) is 2. The van der Waals surface area contributed by atoms with E-state index in [-0.39, 0.29) is 28.3 Å². The van der Waals surface area contributed by atoms with Crippen LogP contribution in [-0.2, 0) is 9.53 Å². The van der Waals surface area contributed by atoms with Crippen molar-refractivity contribution in [2.45, 2.75) is 0 Å².